The average molecular weight is 356 g/mol. The van der Waals surface area contributed by atoms with Crippen LogP contribution in [0.15, 0.2) is 30.6 Å². The van der Waals surface area contributed by atoms with E-state index in [4.69, 9.17) is 4.74 Å². The van der Waals surface area contributed by atoms with Crippen LogP contribution in [0.1, 0.15) is 41.5 Å². The maximum Gasteiger partial charge on any atom is 0.345 e. The minimum atomic E-state index is -0.747. The number of carbonyl (C=O) groups excluding carboxylic acids is 1. The number of hydrogen-bond acceptors (Lipinski definition) is 7. The fraction of sp³-hybridized carbons (Fsp3) is 0.389. The molecule has 1 saturated heterocycles. The van der Waals surface area contributed by atoms with E-state index in [1.54, 1.807) is 19.3 Å². The van der Waals surface area contributed by atoms with Gasteiger partial charge in [-0.15, -0.1) is 0 Å². The first-order valence-electron chi connectivity index (χ1n) is 8.17. The molecule has 1 aliphatic rings. The molecule has 1 aliphatic heterocycles. The van der Waals surface area contributed by atoms with Crippen molar-refractivity contribution in [1.29, 1.82) is 0 Å². The number of nitrogens with zero attached hydrogens (tertiary/aromatic N) is 4. The second-order valence-electron chi connectivity index (χ2n) is 7.03. The predicted octanol–water partition coefficient (Wildman–Crippen LogP) is 3.07. The van der Waals surface area contributed by atoms with E-state index in [0.29, 0.717) is 12.2 Å². The Morgan fingerprint density at radius 3 is 2.58 bits per heavy atom. The monoisotopic (exact) mass is 356 g/mol. The summed E-state index contributed by atoms with van der Waals surface area (Å²) >= 11 is 0. The highest BCUT2D eigenvalue weighted by Crippen LogP contribution is 2.52. The Labute approximate surface area is 151 Å². The minimum absolute atomic E-state index is 0.0850. The largest absolute Gasteiger partial charge is 0.465 e. The van der Waals surface area contributed by atoms with Gasteiger partial charge in [-0.2, -0.15) is 0 Å². The van der Waals surface area contributed by atoms with Gasteiger partial charge in [-0.3, -0.25) is 15.1 Å². The van der Waals surface area contributed by atoms with Crippen molar-refractivity contribution in [1.82, 2.24) is 9.97 Å². The fourth-order valence-corrected chi connectivity index (χ4v) is 3.60. The number of nitro groups is 1. The van der Waals surface area contributed by atoms with Gasteiger partial charge in [0.2, 0.25) is 5.82 Å². The Morgan fingerprint density at radius 1 is 1.38 bits per heavy atom. The van der Waals surface area contributed by atoms with Gasteiger partial charge in [0.1, 0.15) is 5.56 Å². The summed E-state index contributed by atoms with van der Waals surface area (Å²) in [6.07, 6.45) is 3.39. The molecule has 0 saturated carbocycles. The van der Waals surface area contributed by atoms with Crippen LogP contribution < -0.4 is 4.90 Å². The molecule has 8 nitrogen and oxygen atoms in total. The molecule has 1 atom stereocenters. The van der Waals surface area contributed by atoms with Crippen LogP contribution in [0.5, 0.6) is 0 Å². The lowest BCUT2D eigenvalue weighted by atomic mass is 9.71. The number of pyridine rings is 2. The number of hydrogen-bond donors (Lipinski definition) is 0. The molecule has 0 amide bonds. The van der Waals surface area contributed by atoms with Crippen LogP contribution in [-0.2, 0) is 4.74 Å². The molecular formula is C18H20N4O4. The minimum Gasteiger partial charge on any atom is -0.465 e. The summed E-state index contributed by atoms with van der Waals surface area (Å²) in [4.78, 5) is 33.5. The molecule has 1 fully saturated rings. The zero-order chi connectivity index (χ0) is 19.1. The molecule has 3 rings (SSSR count). The molecule has 0 aromatic carbocycles. The van der Waals surface area contributed by atoms with E-state index in [-0.39, 0.29) is 28.5 Å². The van der Waals surface area contributed by atoms with E-state index in [9.17, 15) is 14.9 Å². The van der Waals surface area contributed by atoms with Crippen LogP contribution in [0.3, 0.4) is 0 Å². The number of ether oxygens (including phenoxy) is 1. The standard InChI is InChI=1S/C18H20N4O4/c1-11-9-13(17(23)26-4)14(22(24)25)16(20-11)21-10-18(2,3)15(21)12-5-7-19-8-6-12/h5-9,15H,10H2,1-4H3/t15-/m0/s1. The quantitative estimate of drug-likeness (QED) is 0.471. The Bertz CT molecular complexity index is 867. The first kappa shape index (κ1) is 17.8. The van der Waals surface area contributed by atoms with Crippen molar-refractivity contribution in [3.05, 3.63) is 57.5 Å². The van der Waals surface area contributed by atoms with Crippen molar-refractivity contribution in [3.63, 3.8) is 0 Å². The van der Waals surface area contributed by atoms with Crippen LogP contribution in [0.4, 0.5) is 11.5 Å². The van der Waals surface area contributed by atoms with Gasteiger partial charge in [0, 0.05) is 30.0 Å². The van der Waals surface area contributed by atoms with E-state index >= 15 is 0 Å². The Morgan fingerprint density at radius 2 is 2.04 bits per heavy atom. The molecule has 0 unspecified atom stereocenters. The Hall–Kier alpha value is -3.03. The maximum atomic E-state index is 12.1. The first-order chi connectivity index (χ1) is 12.3. The molecule has 0 spiro atoms. The van der Waals surface area contributed by atoms with Gasteiger partial charge in [0.25, 0.3) is 0 Å². The topological polar surface area (TPSA) is 98.5 Å². The van der Waals surface area contributed by atoms with E-state index < -0.39 is 10.9 Å². The zero-order valence-electron chi connectivity index (χ0n) is 15.1. The second kappa shape index (κ2) is 6.36. The maximum absolute atomic E-state index is 12.1. The lowest BCUT2D eigenvalue weighted by Gasteiger charge is -2.55. The summed E-state index contributed by atoms with van der Waals surface area (Å²) in [7, 11) is 1.20. The summed E-state index contributed by atoms with van der Waals surface area (Å²) in [5.41, 5.74) is 0.999. The highest BCUT2D eigenvalue weighted by Gasteiger charge is 2.49. The normalized spacial score (nSPS) is 18.2. The van der Waals surface area contributed by atoms with E-state index in [1.165, 1.54) is 13.2 Å². The van der Waals surface area contributed by atoms with Crippen LogP contribution in [0.25, 0.3) is 0 Å². The summed E-state index contributed by atoms with van der Waals surface area (Å²) in [6, 6.07) is 5.06. The molecule has 0 bridgehead atoms. The van der Waals surface area contributed by atoms with Gasteiger partial charge in [-0.1, -0.05) is 13.8 Å². The van der Waals surface area contributed by atoms with Crippen molar-refractivity contribution in [2.75, 3.05) is 18.6 Å². The number of carbonyl (C=O) groups is 1. The molecule has 2 aromatic heterocycles. The lowest BCUT2D eigenvalue weighted by molar-refractivity contribution is -0.384. The van der Waals surface area contributed by atoms with Crippen LogP contribution in [0.2, 0.25) is 0 Å². The third kappa shape index (κ3) is 2.87. The van der Waals surface area contributed by atoms with Gasteiger partial charge in [0.05, 0.1) is 18.1 Å². The average Bonchev–Trinajstić information content (AvgIpc) is 2.59. The molecule has 0 radical (unpaired) electrons. The predicted molar refractivity (Wildman–Crippen MR) is 95.1 cm³/mol. The number of aromatic nitrogens is 2. The summed E-state index contributed by atoms with van der Waals surface area (Å²) in [5, 5.41) is 11.7. The number of aryl methyl sites for hydroxylation is 1. The second-order valence-corrected chi connectivity index (χ2v) is 7.03. The molecule has 3 heterocycles. The molecular weight excluding hydrogens is 336 g/mol. The molecule has 8 heteroatoms. The van der Waals surface area contributed by atoms with Crippen LogP contribution in [0, 0.1) is 22.5 Å². The van der Waals surface area contributed by atoms with Gasteiger partial charge in [-0.05, 0) is 30.7 Å². The number of methoxy groups -OCH3 is 1. The van der Waals surface area contributed by atoms with Crippen molar-refractivity contribution in [2.45, 2.75) is 26.8 Å². The third-order valence-electron chi connectivity index (χ3n) is 4.61. The van der Waals surface area contributed by atoms with Gasteiger partial charge in [-0.25, -0.2) is 9.78 Å². The fourth-order valence-electron chi connectivity index (χ4n) is 3.60. The molecule has 0 aliphatic carbocycles. The van der Waals surface area contributed by atoms with Crippen molar-refractivity contribution < 1.29 is 14.5 Å². The number of anilines is 1. The zero-order valence-corrected chi connectivity index (χ0v) is 15.1. The summed E-state index contributed by atoms with van der Waals surface area (Å²) < 4.78 is 4.72. The first-order valence-corrected chi connectivity index (χ1v) is 8.17. The lowest BCUT2D eigenvalue weighted by Crippen LogP contribution is -2.56. The highest BCUT2D eigenvalue weighted by atomic mass is 16.6. The third-order valence-corrected chi connectivity index (χ3v) is 4.61. The van der Waals surface area contributed by atoms with E-state index in [0.717, 1.165) is 5.56 Å². The summed E-state index contributed by atoms with van der Waals surface area (Å²) in [5.74, 6) is -0.555. The molecule has 2 aromatic rings. The van der Waals surface area contributed by atoms with E-state index in [1.807, 2.05) is 17.0 Å². The highest BCUT2D eigenvalue weighted by molar-refractivity contribution is 5.96. The van der Waals surface area contributed by atoms with Gasteiger partial charge >= 0.3 is 11.7 Å². The van der Waals surface area contributed by atoms with Crippen molar-refractivity contribution in [2.24, 2.45) is 5.41 Å². The van der Waals surface area contributed by atoms with Crippen molar-refractivity contribution >= 4 is 17.5 Å². The smallest absolute Gasteiger partial charge is 0.345 e. The number of esters is 1. The molecule has 26 heavy (non-hydrogen) atoms. The Balaban J connectivity index is 2.16. The molecule has 0 N–H and O–H groups in total. The van der Waals surface area contributed by atoms with Gasteiger partial charge < -0.3 is 9.64 Å². The van der Waals surface area contributed by atoms with Crippen LogP contribution >= 0.6 is 0 Å². The van der Waals surface area contributed by atoms with E-state index in [2.05, 4.69) is 23.8 Å². The SMILES string of the molecule is COC(=O)c1cc(C)nc(N2CC(C)(C)[C@@H]2c2ccncc2)c1[N+](=O)[O-]. The Kier molecular flexibility index (Phi) is 4.35. The van der Waals surface area contributed by atoms with Gasteiger partial charge in [0.15, 0.2) is 0 Å². The molecule has 136 valence electrons. The van der Waals surface area contributed by atoms with Crippen molar-refractivity contribution in [3.8, 4) is 0 Å². The number of rotatable bonds is 4. The van der Waals surface area contributed by atoms with Crippen LogP contribution in [-0.4, -0.2) is 34.5 Å². The summed E-state index contributed by atoms with van der Waals surface area (Å²) in [6.45, 7) is 6.47.